The summed E-state index contributed by atoms with van der Waals surface area (Å²) in [7, 11) is 0. The van der Waals surface area contributed by atoms with Crippen LogP contribution in [0.15, 0.2) is 51.5 Å². The van der Waals surface area contributed by atoms with Gasteiger partial charge in [-0.2, -0.15) is 0 Å². The molecule has 0 saturated heterocycles. The lowest BCUT2D eigenvalue weighted by molar-refractivity contribution is -0.119. The van der Waals surface area contributed by atoms with E-state index in [2.05, 4.69) is 41.5 Å². The van der Waals surface area contributed by atoms with E-state index in [-0.39, 0.29) is 11.9 Å². The number of hydrogen-bond donors (Lipinski definition) is 1. The maximum Gasteiger partial charge on any atom is 0.230 e. The van der Waals surface area contributed by atoms with Gasteiger partial charge >= 0.3 is 0 Å². The number of aromatic nitrogens is 1. The predicted octanol–water partition coefficient (Wildman–Crippen LogP) is 5.15. The highest BCUT2D eigenvalue weighted by Crippen LogP contribution is 2.28. The minimum Gasteiger partial charge on any atom is -0.348 e. The highest BCUT2D eigenvalue weighted by atomic mass is 32.2. The molecule has 0 radical (unpaired) electrons. The first-order chi connectivity index (χ1) is 11.6. The van der Waals surface area contributed by atoms with Crippen LogP contribution in [0.4, 0.5) is 0 Å². The van der Waals surface area contributed by atoms with E-state index in [1.807, 2.05) is 29.8 Å². The quantitative estimate of drug-likeness (QED) is 0.607. The first kappa shape index (κ1) is 17.2. The molecule has 3 aromatic rings. The topological polar surface area (TPSA) is 42.0 Å². The van der Waals surface area contributed by atoms with Crippen LogP contribution < -0.4 is 5.32 Å². The maximum absolute atomic E-state index is 12.1. The molecule has 0 aliphatic heterocycles. The fourth-order valence-electron chi connectivity index (χ4n) is 2.20. The average molecular weight is 375 g/mol. The number of carbonyl (C=O) groups excluding carboxylic acids is 1. The van der Waals surface area contributed by atoms with E-state index in [1.54, 1.807) is 22.7 Å². The fourth-order valence-corrected chi connectivity index (χ4v) is 4.58. The Morgan fingerprint density at radius 1 is 1.25 bits per heavy atom. The molecule has 1 atom stereocenters. The minimum atomic E-state index is 0.0352. The first-order valence-corrected chi connectivity index (χ1v) is 10.3. The molecule has 1 N–H and O–H groups in total. The van der Waals surface area contributed by atoms with E-state index in [4.69, 9.17) is 0 Å². The molecule has 2 aromatic heterocycles. The van der Waals surface area contributed by atoms with Crippen molar-refractivity contribution in [2.75, 3.05) is 5.75 Å². The molecule has 1 aromatic carbocycles. The zero-order chi connectivity index (χ0) is 16.9. The number of thiophene rings is 1. The van der Waals surface area contributed by atoms with Crippen LogP contribution >= 0.6 is 34.4 Å². The molecule has 0 aliphatic carbocycles. The fraction of sp³-hybridized carbons (Fsp3) is 0.222. The van der Waals surface area contributed by atoms with Gasteiger partial charge in [0, 0.05) is 15.8 Å². The van der Waals surface area contributed by atoms with Crippen LogP contribution in [0, 0.1) is 6.92 Å². The van der Waals surface area contributed by atoms with Gasteiger partial charge in [-0.15, -0.1) is 22.7 Å². The molecular formula is C18H18N2OS3. The number of aryl methyl sites for hydroxylation is 1. The molecule has 1 amide bonds. The van der Waals surface area contributed by atoms with Gasteiger partial charge in [0.2, 0.25) is 5.91 Å². The lowest BCUT2D eigenvalue weighted by atomic mass is 10.1. The molecule has 3 rings (SSSR count). The summed E-state index contributed by atoms with van der Waals surface area (Å²) in [5.41, 5.74) is 3.31. The molecule has 24 heavy (non-hydrogen) atoms. The van der Waals surface area contributed by atoms with E-state index in [9.17, 15) is 4.79 Å². The SMILES string of the molecule is Cc1ccc(-c2csc(SCC(=O)N[C@H](C)c3cccs3)n2)cc1. The lowest BCUT2D eigenvalue weighted by Gasteiger charge is -2.11. The third kappa shape index (κ3) is 4.47. The van der Waals surface area contributed by atoms with Gasteiger partial charge in [-0.1, -0.05) is 47.7 Å². The number of thioether (sulfide) groups is 1. The lowest BCUT2D eigenvalue weighted by Crippen LogP contribution is -2.27. The standard InChI is InChI=1S/C18H18N2OS3/c1-12-5-7-14(8-6-12)15-10-23-18(20-15)24-11-17(21)19-13(2)16-4-3-9-22-16/h3-10,13H,11H2,1-2H3,(H,19,21)/t13-/m1/s1. The van der Waals surface area contributed by atoms with Crippen molar-refractivity contribution in [3.05, 3.63) is 57.6 Å². The molecule has 0 spiro atoms. The number of amides is 1. The summed E-state index contributed by atoms with van der Waals surface area (Å²) in [6.45, 7) is 4.08. The molecule has 0 aliphatic rings. The monoisotopic (exact) mass is 374 g/mol. The van der Waals surface area contributed by atoms with E-state index in [1.165, 1.54) is 22.2 Å². The van der Waals surface area contributed by atoms with E-state index >= 15 is 0 Å². The normalized spacial score (nSPS) is 12.1. The molecule has 0 bridgehead atoms. The molecule has 3 nitrogen and oxygen atoms in total. The van der Waals surface area contributed by atoms with Gasteiger partial charge in [-0.25, -0.2) is 4.98 Å². The first-order valence-electron chi connectivity index (χ1n) is 7.60. The Bertz CT molecular complexity index is 794. The van der Waals surface area contributed by atoms with Gasteiger partial charge in [-0.05, 0) is 25.3 Å². The number of hydrogen-bond acceptors (Lipinski definition) is 5. The molecule has 0 unspecified atom stereocenters. The van der Waals surface area contributed by atoms with Crippen molar-refractivity contribution in [2.24, 2.45) is 0 Å². The highest BCUT2D eigenvalue weighted by molar-refractivity contribution is 8.01. The number of nitrogens with one attached hydrogen (secondary N) is 1. The second-order valence-electron chi connectivity index (χ2n) is 5.46. The van der Waals surface area contributed by atoms with Gasteiger partial charge in [-0.3, -0.25) is 4.79 Å². The molecule has 2 heterocycles. The number of carbonyl (C=O) groups is 1. The Morgan fingerprint density at radius 2 is 2.04 bits per heavy atom. The van der Waals surface area contributed by atoms with Crippen LogP contribution in [0.5, 0.6) is 0 Å². The van der Waals surface area contributed by atoms with Gasteiger partial charge in [0.15, 0.2) is 4.34 Å². The Morgan fingerprint density at radius 3 is 2.75 bits per heavy atom. The van der Waals surface area contributed by atoms with Crippen molar-refractivity contribution in [1.29, 1.82) is 0 Å². The van der Waals surface area contributed by atoms with Crippen LogP contribution in [-0.4, -0.2) is 16.6 Å². The molecule has 0 saturated carbocycles. The second kappa shape index (κ2) is 7.96. The molecular weight excluding hydrogens is 356 g/mol. The minimum absolute atomic E-state index is 0.0352. The van der Waals surface area contributed by atoms with Crippen LogP contribution in [0.2, 0.25) is 0 Å². The Balaban J connectivity index is 1.53. The van der Waals surface area contributed by atoms with Crippen molar-refractivity contribution < 1.29 is 4.79 Å². The van der Waals surface area contributed by atoms with E-state index < -0.39 is 0 Å². The Labute approximate surface area is 154 Å². The zero-order valence-electron chi connectivity index (χ0n) is 13.5. The average Bonchev–Trinajstić information content (AvgIpc) is 3.25. The third-order valence-electron chi connectivity index (χ3n) is 3.50. The van der Waals surface area contributed by atoms with E-state index in [0.717, 1.165) is 15.6 Å². The Kier molecular flexibility index (Phi) is 5.71. The summed E-state index contributed by atoms with van der Waals surface area (Å²) in [5, 5.41) is 7.09. The number of benzene rings is 1. The van der Waals surface area contributed by atoms with Gasteiger partial charge < -0.3 is 5.32 Å². The van der Waals surface area contributed by atoms with Crippen LogP contribution in [0.25, 0.3) is 11.3 Å². The van der Waals surface area contributed by atoms with E-state index in [0.29, 0.717) is 5.75 Å². The van der Waals surface area contributed by atoms with Crippen molar-refractivity contribution in [1.82, 2.24) is 10.3 Å². The predicted molar refractivity (Wildman–Crippen MR) is 104 cm³/mol. The van der Waals surface area contributed by atoms with Gasteiger partial charge in [0.25, 0.3) is 0 Å². The van der Waals surface area contributed by atoms with Crippen molar-refractivity contribution in [3.8, 4) is 11.3 Å². The van der Waals surface area contributed by atoms with Crippen LogP contribution in [0.1, 0.15) is 23.4 Å². The maximum atomic E-state index is 12.1. The summed E-state index contributed by atoms with van der Waals surface area (Å²) < 4.78 is 0.921. The smallest absolute Gasteiger partial charge is 0.230 e. The van der Waals surface area contributed by atoms with Gasteiger partial charge in [0.1, 0.15) is 0 Å². The highest BCUT2D eigenvalue weighted by Gasteiger charge is 2.12. The van der Waals surface area contributed by atoms with Crippen molar-refractivity contribution in [2.45, 2.75) is 24.2 Å². The third-order valence-corrected chi connectivity index (χ3v) is 6.58. The second-order valence-corrected chi connectivity index (χ2v) is 8.52. The summed E-state index contributed by atoms with van der Waals surface area (Å²) in [5.74, 6) is 0.421. The summed E-state index contributed by atoms with van der Waals surface area (Å²) >= 11 is 4.72. The zero-order valence-corrected chi connectivity index (χ0v) is 15.9. The summed E-state index contributed by atoms with van der Waals surface area (Å²) in [6.07, 6.45) is 0. The Hall–Kier alpha value is -1.63. The largest absolute Gasteiger partial charge is 0.348 e. The number of nitrogens with zero attached hydrogens (tertiary/aromatic N) is 1. The van der Waals surface area contributed by atoms with Gasteiger partial charge in [0.05, 0.1) is 17.5 Å². The number of thiazole rings is 1. The molecule has 6 heteroatoms. The summed E-state index contributed by atoms with van der Waals surface area (Å²) in [4.78, 5) is 17.9. The van der Waals surface area contributed by atoms with Crippen LogP contribution in [0.3, 0.4) is 0 Å². The molecule has 0 fully saturated rings. The van der Waals surface area contributed by atoms with Crippen molar-refractivity contribution in [3.63, 3.8) is 0 Å². The van der Waals surface area contributed by atoms with Crippen molar-refractivity contribution >= 4 is 40.3 Å². The summed E-state index contributed by atoms with van der Waals surface area (Å²) in [6, 6.07) is 12.4. The molecule has 124 valence electrons. The van der Waals surface area contributed by atoms with Crippen LogP contribution in [-0.2, 0) is 4.79 Å². The number of rotatable bonds is 6.